The van der Waals surface area contributed by atoms with E-state index < -0.39 is 17.8 Å². The molecule has 0 bridgehead atoms. The number of nitrogens with zero attached hydrogens (tertiary/aromatic N) is 1. The largest absolute Gasteiger partial charge is 0.465 e. The molecule has 0 saturated carbocycles. The molecule has 1 amide bonds. The number of likely N-dealkylation sites (tertiary alicyclic amines) is 1. The van der Waals surface area contributed by atoms with Crippen LogP contribution in [0, 0.1) is 5.92 Å². The van der Waals surface area contributed by atoms with Gasteiger partial charge in [0.05, 0.1) is 5.56 Å². The van der Waals surface area contributed by atoms with E-state index in [0.717, 1.165) is 17.7 Å². The molecule has 1 fully saturated rings. The summed E-state index contributed by atoms with van der Waals surface area (Å²) in [7, 11) is 0. The first-order valence-corrected chi connectivity index (χ1v) is 7.18. The molecular weight excluding hydrogens is 297 g/mol. The van der Waals surface area contributed by atoms with Crippen molar-refractivity contribution in [3.8, 4) is 0 Å². The van der Waals surface area contributed by atoms with E-state index >= 15 is 0 Å². The highest BCUT2D eigenvalue weighted by Gasteiger charge is 2.32. The summed E-state index contributed by atoms with van der Waals surface area (Å²) in [5.41, 5.74) is 5.91. The molecule has 3 N–H and O–H groups in total. The van der Waals surface area contributed by atoms with Crippen LogP contribution in [-0.4, -0.2) is 35.7 Å². The van der Waals surface area contributed by atoms with E-state index in [9.17, 15) is 18.0 Å². The first-order valence-electron chi connectivity index (χ1n) is 7.18. The van der Waals surface area contributed by atoms with Crippen molar-refractivity contribution in [1.29, 1.82) is 0 Å². The number of piperidine rings is 1. The second kappa shape index (κ2) is 6.56. The number of hydrogen-bond donors (Lipinski definition) is 2. The smallest absolute Gasteiger partial charge is 0.416 e. The van der Waals surface area contributed by atoms with Gasteiger partial charge in [0.2, 0.25) is 0 Å². The maximum Gasteiger partial charge on any atom is 0.416 e. The van der Waals surface area contributed by atoms with Crippen LogP contribution in [-0.2, 0) is 6.18 Å². The minimum Gasteiger partial charge on any atom is -0.465 e. The molecule has 2 rings (SSSR count). The van der Waals surface area contributed by atoms with Gasteiger partial charge in [-0.3, -0.25) is 0 Å². The molecule has 1 heterocycles. The van der Waals surface area contributed by atoms with Gasteiger partial charge < -0.3 is 15.7 Å². The zero-order chi connectivity index (χ0) is 16.3. The van der Waals surface area contributed by atoms with Crippen LogP contribution in [0.25, 0.3) is 0 Å². The lowest BCUT2D eigenvalue weighted by atomic mass is 9.80. The van der Waals surface area contributed by atoms with Crippen LogP contribution in [0.5, 0.6) is 0 Å². The third-order valence-corrected chi connectivity index (χ3v) is 4.30. The highest BCUT2D eigenvalue weighted by atomic mass is 19.4. The molecule has 1 aliphatic rings. The van der Waals surface area contributed by atoms with Crippen molar-refractivity contribution in [3.05, 3.63) is 35.4 Å². The van der Waals surface area contributed by atoms with Crippen molar-refractivity contribution < 1.29 is 23.1 Å². The van der Waals surface area contributed by atoms with Gasteiger partial charge in [-0.2, -0.15) is 13.2 Å². The molecule has 0 spiro atoms. The summed E-state index contributed by atoms with van der Waals surface area (Å²) in [5.74, 6) is 0.149. The molecule has 1 atom stereocenters. The van der Waals surface area contributed by atoms with E-state index in [4.69, 9.17) is 10.8 Å². The maximum atomic E-state index is 12.6. The van der Waals surface area contributed by atoms with Gasteiger partial charge in [-0.1, -0.05) is 12.1 Å². The summed E-state index contributed by atoms with van der Waals surface area (Å²) >= 11 is 0. The fourth-order valence-corrected chi connectivity index (χ4v) is 3.01. The lowest BCUT2D eigenvalue weighted by Gasteiger charge is -2.34. The first kappa shape index (κ1) is 16.6. The van der Waals surface area contributed by atoms with Gasteiger partial charge >= 0.3 is 12.3 Å². The average Bonchev–Trinajstić information content (AvgIpc) is 2.48. The van der Waals surface area contributed by atoms with Gasteiger partial charge in [0.1, 0.15) is 0 Å². The zero-order valence-corrected chi connectivity index (χ0v) is 12.0. The number of nitrogens with two attached hydrogens (primary N) is 1. The minimum absolute atomic E-state index is 0.0433. The Morgan fingerprint density at radius 1 is 1.27 bits per heavy atom. The summed E-state index contributed by atoms with van der Waals surface area (Å²) in [4.78, 5) is 12.3. The quantitative estimate of drug-likeness (QED) is 0.900. The average molecular weight is 316 g/mol. The second-order valence-corrected chi connectivity index (χ2v) is 5.57. The molecule has 0 aliphatic carbocycles. The SMILES string of the molecule is NCC(c1ccc(C(F)(F)F)cc1)C1CCN(C(=O)O)CC1. The first-order chi connectivity index (χ1) is 10.3. The standard InChI is InChI=1S/C15H19F3N2O2/c16-15(17,18)12-3-1-10(2-4-12)13(9-19)11-5-7-20(8-6-11)14(21)22/h1-4,11,13H,5-9,19H2,(H,21,22). The molecule has 0 radical (unpaired) electrons. The van der Waals surface area contributed by atoms with Crippen molar-refractivity contribution in [3.63, 3.8) is 0 Å². The molecule has 122 valence electrons. The molecule has 0 aromatic heterocycles. The van der Waals surface area contributed by atoms with Gasteiger partial charge in [-0.15, -0.1) is 0 Å². The second-order valence-electron chi connectivity index (χ2n) is 5.57. The number of amides is 1. The number of benzene rings is 1. The number of carboxylic acid groups (broad SMARTS) is 1. The van der Waals surface area contributed by atoms with Crippen LogP contribution in [0.4, 0.5) is 18.0 Å². The predicted molar refractivity (Wildman–Crippen MR) is 75.6 cm³/mol. The fraction of sp³-hybridized carbons (Fsp3) is 0.533. The zero-order valence-electron chi connectivity index (χ0n) is 12.0. The van der Waals surface area contributed by atoms with Crippen LogP contribution in [0.2, 0.25) is 0 Å². The van der Waals surface area contributed by atoms with Crippen molar-refractivity contribution in [2.75, 3.05) is 19.6 Å². The summed E-state index contributed by atoms with van der Waals surface area (Å²) in [6.45, 7) is 1.22. The number of halogens is 3. The molecule has 7 heteroatoms. The monoisotopic (exact) mass is 316 g/mol. The van der Waals surface area contributed by atoms with Crippen LogP contribution < -0.4 is 5.73 Å². The Morgan fingerprint density at radius 3 is 2.23 bits per heavy atom. The Bertz CT molecular complexity index is 509. The Hall–Kier alpha value is -1.76. The number of alkyl halides is 3. The Morgan fingerprint density at radius 2 is 1.82 bits per heavy atom. The normalized spacial score (nSPS) is 18.3. The maximum absolute atomic E-state index is 12.6. The van der Waals surface area contributed by atoms with Crippen molar-refractivity contribution in [1.82, 2.24) is 4.90 Å². The molecule has 1 aromatic rings. The van der Waals surface area contributed by atoms with E-state index in [1.807, 2.05) is 0 Å². The van der Waals surface area contributed by atoms with Crippen molar-refractivity contribution >= 4 is 6.09 Å². The molecule has 1 unspecified atom stereocenters. The topological polar surface area (TPSA) is 66.6 Å². The molecule has 1 saturated heterocycles. The van der Waals surface area contributed by atoms with Gasteiger partial charge in [-0.25, -0.2) is 4.79 Å². The van der Waals surface area contributed by atoms with Crippen molar-refractivity contribution in [2.45, 2.75) is 24.9 Å². The van der Waals surface area contributed by atoms with E-state index in [2.05, 4.69) is 0 Å². The summed E-state index contributed by atoms with van der Waals surface area (Å²) in [6.07, 6.45) is -3.93. The number of hydrogen-bond acceptors (Lipinski definition) is 2. The minimum atomic E-state index is -4.34. The van der Waals surface area contributed by atoms with E-state index in [1.54, 1.807) is 0 Å². The molecular formula is C15H19F3N2O2. The fourth-order valence-electron chi connectivity index (χ4n) is 3.01. The Kier molecular flexibility index (Phi) is 4.95. The highest BCUT2D eigenvalue weighted by Crippen LogP contribution is 2.34. The summed E-state index contributed by atoms with van der Waals surface area (Å²) in [6, 6.07) is 5.10. The molecule has 4 nitrogen and oxygen atoms in total. The van der Waals surface area contributed by atoms with Gasteiger partial charge in [0, 0.05) is 13.1 Å². The lowest BCUT2D eigenvalue weighted by molar-refractivity contribution is -0.137. The van der Waals surface area contributed by atoms with Crippen LogP contribution in [0.15, 0.2) is 24.3 Å². The highest BCUT2D eigenvalue weighted by molar-refractivity contribution is 5.65. The van der Waals surface area contributed by atoms with E-state index in [0.29, 0.717) is 32.5 Å². The Labute approximate surface area is 126 Å². The van der Waals surface area contributed by atoms with Crippen molar-refractivity contribution in [2.24, 2.45) is 11.7 Å². The summed E-state index contributed by atoms with van der Waals surface area (Å²) in [5, 5.41) is 8.94. The number of carbonyl (C=O) groups is 1. The van der Waals surface area contributed by atoms with Crippen LogP contribution in [0.1, 0.15) is 29.9 Å². The molecule has 1 aliphatic heterocycles. The van der Waals surface area contributed by atoms with E-state index in [1.165, 1.54) is 17.0 Å². The number of rotatable bonds is 3. The van der Waals surface area contributed by atoms with Gasteiger partial charge in [0.25, 0.3) is 0 Å². The molecule has 1 aromatic carbocycles. The lowest BCUT2D eigenvalue weighted by Crippen LogP contribution is -2.39. The third kappa shape index (κ3) is 3.71. The van der Waals surface area contributed by atoms with Gasteiger partial charge in [-0.05, 0) is 48.9 Å². The van der Waals surface area contributed by atoms with Crippen LogP contribution >= 0.6 is 0 Å². The third-order valence-electron chi connectivity index (χ3n) is 4.30. The Balaban J connectivity index is 2.07. The summed E-state index contributed by atoms with van der Waals surface area (Å²) < 4.78 is 37.8. The predicted octanol–water partition coefficient (Wildman–Crippen LogP) is 3.14. The van der Waals surface area contributed by atoms with Crippen LogP contribution in [0.3, 0.4) is 0 Å². The van der Waals surface area contributed by atoms with E-state index in [-0.39, 0.29) is 11.8 Å². The van der Waals surface area contributed by atoms with Gasteiger partial charge in [0.15, 0.2) is 0 Å². The molecule has 22 heavy (non-hydrogen) atoms.